The average Bonchev–Trinajstić information content (AvgIpc) is 2.57. The van der Waals surface area contributed by atoms with Crippen LogP contribution < -0.4 is 5.32 Å². The van der Waals surface area contributed by atoms with E-state index in [1.807, 2.05) is 60.7 Å². The molecule has 0 aliphatic rings. The molecule has 0 spiro atoms. The molecule has 1 aromatic heterocycles. The largest absolute Gasteiger partial charge is 0.322 e. The number of hydrogen-bond donors (Lipinski definition) is 1. The Kier molecular flexibility index (Phi) is 4.51. The number of anilines is 1. The Bertz CT molecular complexity index is 760. The van der Waals surface area contributed by atoms with Gasteiger partial charge in [-0.3, -0.25) is 4.79 Å². The number of carbonyl (C=O) groups excluding carboxylic acids is 1. The van der Waals surface area contributed by atoms with Gasteiger partial charge in [0.2, 0.25) is 0 Å². The van der Waals surface area contributed by atoms with Crippen molar-refractivity contribution >= 4 is 23.4 Å². The Morgan fingerprint density at radius 2 is 1.55 bits per heavy atom. The normalized spacial score (nSPS) is 10.2. The molecule has 1 amide bonds. The number of rotatable bonds is 4. The lowest BCUT2D eigenvalue weighted by Crippen LogP contribution is -2.13. The third kappa shape index (κ3) is 3.54. The molecule has 0 radical (unpaired) electrons. The van der Waals surface area contributed by atoms with Crippen LogP contribution in [0.5, 0.6) is 0 Å². The summed E-state index contributed by atoms with van der Waals surface area (Å²) >= 11 is 1.48. The van der Waals surface area contributed by atoms with Crippen molar-refractivity contribution in [3.63, 3.8) is 0 Å². The van der Waals surface area contributed by atoms with Gasteiger partial charge in [-0.1, -0.05) is 48.2 Å². The van der Waals surface area contributed by atoms with E-state index in [4.69, 9.17) is 0 Å². The Labute approximate surface area is 133 Å². The highest BCUT2D eigenvalue weighted by atomic mass is 32.2. The molecule has 0 aliphatic carbocycles. The summed E-state index contributed by atoms with van der Waals surface area (Å²) in [6.07, 6.45) is 1.70. The minimum Gasteiger partial charge on any atom is -0.322 e. The Hall–Kier alpha value is -2.59. The predicted molar refractivity (Wildman–Crippen MR) is 89.2 cm³/mol. The molecule has 0 saturated carbocycles. The van der Waals surface area contributed by atoms with Crippen LogP contribution in [0, 0.1) is 0 Å². The van der Waals surface area contributed by atoms with E-state index in [0.29, 0.717) is 10.6 Å². The molecule has 0 bridgehead atoms. The Morgan fingerprint density at radius 3 is 2.27 bits per heavy atom. The number of aromatic nitrogens is 1. The zero-order valence-corrected chi connectivity index (χ0v) is 12.6. The number of carbonyl (C=O) groups is 1. The Morgan fingerprint density at radius 1 is 0.864 bits per heavy atom. The highest BCUT2D eigenvalue weighted by molar-refractivity contribution is 7.99. The first-order valence-electron chi connectivity index (χ1n) is 6.87. The van der Waals surface area contributed by atoms with Crippen LogP contribution in [0.1, 0.15) is 10.4 Å². The summed E-state index contributed by atoms with van der Waals surface area (Å²) in [7, 11) is 0. The maximum Gasteiger partial charge on any atom is 0.258 e. The average molecular weight is 306 g/mol. The van der Waals surface area contributed by atoms with Crippen molar-refractivity contribution in [3.8, 4) is 0 Å². The fourth-order valence-corrected chi connectivity index (χ4v) is 2.87. The second kappa shape index (κ2) is 6.91. The third-order valence-corrected chi connectivity index (χ3v) is 4.03. The van der Waals surface area contributed by atoms with Crippen LogP contribution in [-0.2, 0) is 0 Å². The lowest BCUT2D eigenvalue weighted by molar-refractivity contribution is 0.102. The molecule has 1 N–H and O–H groups in total. The van der Waals surface area contributed by atoms with E-state index in [2.05, 4.69) is 10.3 Å². The van der Waals surface area contributed by atoms with Crippen LogP contribution in [-0.4, -0.2) is 10.9 Å². The first-order chi connectivity index (χ1) is 10.8. The van der Waals surface area contributed by atoms with Crippen LogP contribution in [0.15, 0.2) is 88.9 Å². The van der Waals surface area contributed by atoms with Gasteiger partial charge in [0.15, 0.2) is 0 Å². The maximum absolute atomic E-state index is 12.5. The van der Waals surface area contributed by atoms with Gasteiger partial charge in [0.05, 0.1) is 5.56 Å². The summed E-state index contributed by atoms with van der Waals surface area (Å²) in [5.74, 6) is -0.155. The topological polar surface area (TPSA) is 42.0 Å². The van der Waals surface area contributed by atoms with Gasteiger partial charge in [0, 0.05) is 16.8 Å². The van der Waals surface area contributed by atoms with Gasteiger partial charge in [0.1, 0.15) is 5.03 Å². The summed E-state index contributed by atoms with van der Waals surface area (Å²) in [6, 6.07) is 22.9. The molecule has 0 aliphatic heterocycles. The van der Waals surface area contributed by atoms with Gasteiger partial charge in [-0.25, -0.2) is 4.98 Å². The van der Waals surface area contributed by atoms with Crippen molar-refractivity contribution in [2.75, 3.05) is 5.32 Å². The highest BCUT2D eigenvalue weighted by Crippen LogP contribution is 2.28. The fourth-order valence-electron chi connectivity index (χ4n) is 1.97. The van der Waals surface area contributed by atoms with Gasteiger partial charge in [-0.15, -0.1) is 0 Å². The van der Waals surface area contributed by atoms with Crippen LogP contribution in [0.25, 0.3) is 0 Å². The molecule has 22 heavy (non-hydrogen) atoms. The molecule has 3 aromatic rings. The van der Waals surface area contributed by atoms with E-state index >= 15 is 0 Å². The van der Waals surface area contributed by atoms with Crippen LogP contribution in [0.2, 0.25) is 0 Å². The molecule has 3 rings (SSSR count). The first-order valence-corrected chi connectivity index (χ1v) is 7.69. The molecule has 4 heteroatoms. The maximum atomic E-state index is 12.5. The number of amides is 1. The summed E-state index contributed by atoms with van der Waals surface area (Å²) in [6.45, 7) is 0. The molecule has 0 saturated heterocycles. The standard InChI is InChI=1S/C18H14N2OS/c21-17(20-14-8-3-1-4-9-14)16-12-7-13-19-18(16)22-15-10-5-2-6-11-15/h1-13H,(H,20,21). The molecular weight excluding hydrogens is 292 g/mol. The van der Waals surface area contributed by atoms with Crippen LogP contribution >= 0.6 is 11.8 Å². The second-order valence-corrected chi connectivity index (χ2v) is 5.65. The molecule has 0 unspecified atom stereocenters. The smallest absolute Gasteiger partial charge is 0.258 e. The van der Waals surface area contributed by atoms with Gasteiger partial charge in [0.25, 0.3) is 5.91 Å². The second-order valence-electron chi connectivity index (χ2n) is 4.59. The third-order valence-electron chi connectivity index (χ3n) is 3.01. The summed E-state index contributed by atoms with van der Waals surface area (Å²) in [5, 5.41) is 3.59. The van der Waals surface area contributed by atoms with Gasteiger partial charge >= 0.3 is 0 Å². The highest BCUT2D eigenvalue weighted by Gasteiger charge is 2.13. The number of nitrogens with one attached hydrogen (secondary N) is 1. The van der Waals surface area contributed by atoms with Crippen molar-refractivity contribution in [2.45, 2.75) is 9.92 Å². The lowest BCUT2D eigenvalue weighted by Gasteiger charge is -2.09. The van der Waals surface area contributed by atoms with E-state index < -0.39 is 0 Å². The van der Waals surface area contributed by atoms with E-state index in [9.17, 15) is 4.79 Å². The summed E-state index contributed by atoms with van der Waals surface area (Å²) < 4.78 is 0. The van der Waals surface area contributed by atoms with E-state index in [0.717, 1.165) is 10.6 Å². The predicted octanol–water partition coefficient (Wildman–Crippen LogP) is 4.49. The van der Waals surface area contributed by atoms with Crippen molar-refractivity contribution in [1.29, 1.82) is 0 Å². The van der Waals surface area contributed by atoms with Crippen molar-refractivity contribution in [1.82, 2.24) is 4.98 Å². The van der Waals surface area contributed by atoms with Crippen LogP contribution in [0.4, 0.5) is 5.69 Å². The SMILES string of the molecule is O=C(Nc1ccccc1)c1cccnc1Sc1ccccc1. The zero-order valence-electron chi connectivity index (χ0n) is 11.8. The number of para-hydroxylation sites is 1. The van der Waals surface area contributed by atoms with E-state index in [1.165, 1.54) is 11.8 Å². The number of hydrogen-bond acceptors (Lipinski definition) is 3. The first kappa shape index (κ1) is 14.4. The number of pyridine rings is 1. The fraction of sp³-hybridized carbons (Fsp3) is 0. The Balaban J connectivity index is 1.83. The van der Waals surface area contributed by atoms with Crippen molar-refractivity contribution in [3.05, 3.63) is 84.6 Å². The van der Waals surface area contributed by atoms with Gasteiger partial charge in [-0.05, 0) is 36.4 Å². The van der Waals surface area contributed by atoms with E-state index in [1.54, 1.807) is 18.3 Å². The van der Waals surface area contributed by atoms with Gasteiger partial charge < -0.3 is 5.32 Å². The monoisotopic (exact) mass is 306 g/mol. The minimum absolute atomic E-state index is 0.155. The summed E-state index contributed by atoms with van der Waals surface area (Å²) in [5.41, 5.74) is 1.34. The number of benzene rings is 2. The molecule has 3 nitrogen and oxygen atoms in total. The lowest BCUT2D eigenvalue weighted by atomic mass is 10.2. The molecule has 0 atom stereocenters. The van der Waals surface area contributed by atoms with Crippen molar-refractivity contribution < 1.29 is 4.79 Å². The quantitative estimate of drug-likeness (QED) is 0.772. The van der Waals surface area contributed by atoms with Gasteiger partial charge in [-0.2, -0.15) is 0 Å². The molecule has 1 heterocycles. The molecule has 108 valence electrons. The van der Waals surface area contributed by atoms with E-state index in [-0.39, 0.29) is 5.91 Å². The molecular formula is C18H14N2OS. The minimum atomic E-state index is -0.155. The zero-order chi connectivity index (χ0) is 15.2. The van der Waals surface area contributed by atoms with Crippen molar-refractivity contribution in [2.24, 2.45) is 0 Å². The summed E-state index contributed by atoms with van der Waals surface area (Å²) in [4.78, 5) is 17.9. The molecule has 2 aromatic carbocycles. The van der Waals surface area contributed by atoms with Crippen LogP contribution in [0.3, 0.4) is 0 Å². The molecule has 0 fully saturated rings. The number of nitrogens with zero attached hydrogens (tertiary/aromatic N) is 1.